The third kappa shape index (κ3) is 1.82. The summed E-state index contributed by atoms with van der Waals surface area (Å²) in [6.07, 6.45) is 0.904. The van der Waals surface area contributed by atoms with Crippen LogP contribution in [0.3, 0.4) is 0 Å². The molecular weight excluding hydrogens is 164 g/mol. The Hall–Kier alpha value is -1.05. The van der Waals surface area contributed by atoms with Crippen molar-refractivity contribution < 1.29 is 9.53 Å². The van der Waals surface area contributed by atoms with Crippen molar-refractivity contribution in [2.24, 2.45) is 0 Å². The Morgan fingerprint density at radius 3 is 2.46 bits per heavy atom. The molecule has 0 unspecified atom stereocenters. The van der Waals surface area contributed by atoms with E-state index in [4.69, 9.17) is 4.74 Å². The van der Waals surface area contributed by atoms with E-state index in [9.17, 15) is 4.79 Å². The zero-order valence-corrected chi connectivity index (χ0v) is 8.73. The first-order valence-corrected chi connectivity index (χ1v) is 4.61. The predicted octanol–water partition coefficient (Wildman–Crippen LogP) is 2.61. The second-order valence-corrected chi connectivity index (χ2v) is 3.56. The summed E-state index contributed by atoms with van der Waals surface area (Å²) < 4.78 is 5.01. The van der Waals surface area contributed by atoms with E-state index in [0.29, 0.717) is 6.61 Å². The number of allylic oxidation sites excluding steroid dienone is 2. The van der Waals surface area contributed by atoms with Crippen LogP contribution >= 0.6 is 0 Å². The van der Waals surface area contributed by atoms with Gasteiger partial charge in [0, 0.05) is 5.57 Å². The van der Waals surface area contributed by atoms with Crippen molar-refractivity contribution >= 4 is 5.97 Å². The van der Waals surface area contributed by atoms with Crippen LogP contribution < -0.4 is 0 Å². The van der Waals surface area contributed by atoms with Gasteiger partial charge in [-0.05, 0) is 27.2 Å². The second kappa shape index (κ2) is 3.77. The standard InChI is InChI=1S/C11H16O2/c1-5-8(4)10-9(7(2)3)6-13-11(10)12/h5-6H2,1-4H3. The van der Waals surface area contributed by atoms with E-state index in [1.54, 1.807) is 0 Å². The fraction of sp³-hybridized carbons (Fsp3) is 0.545. The predicted molar refractivity (Wildman–Crippen MR) is 52.3 cm³/mol. The topological polar surface area (TPSA) is 26.3 Å². The highest BCUT2D eigenvalue weighted by molar-refractivity contribution is 5.97. The molecular formula is C11H16O2. The number of hydrogen-bond donors (Lipinski definition) is 0. The van der Waals surface area contributed by atoms with Crippen molar-refractivity contribution in [2.45, 2.75) is 34.1 Å². The molecule has 0 radical (unpaired) electrons. The van der Waals surface area contributed by atoms with Crippen molar-refractivity contribution in [1.82, 2.24) is 0 Å². The number of cyclic esters (lactones) is 1. The summed E-state index contributed by atoms with van der Waals surface area (Å²) in [5.74, 6) is -0.157. The molecule has 0 bridgehead atoms. The fourth-order valence-electron chi connectivity index (χ4n) is 1.41. The smallest absolute Gasteiger partial charge is 0.338 e. The van der Waals surface area contributed by atoms with Crippen LogP contribution in [0.15, 0.2) is 22.3 Å². The lowest BCUT2D eigenvalue weighted by molar-refractivity contribution is -0.135. The molecule has 72 valence electrons. The van der Waals surface area contributed by atoms with Crippen LogP contribution in [0, 0.1) is 0 Å². The third-order valence-corrected chi connectivity index (χ3v) is 2.41. The van der Waals surface area contributed by atoms with E-state index in [0.717, 1.165) is 23.1 Å². The number of carbonyl (C=O) groups is 1. The first-order chi connectivity index (χ1) is 6.07. The van der Waals surface area contributed by atoms with Crippen molar-refractivity contribution in [3.05, 3.63) is 22.3 Å². The Morgan fingerprint density at radius 1 is 1.38 bits per heavy atom. The lowest BCUT2D eigenvalue weighted by Crippen LogP contribution is -1.99. The number of rotatable bonds is 1. The van der Waals surface area contributed by atoms with Gasteiger partial charge in [-0.25, -0.2) is 4.79 Å². The van der Waals surface area contributed by atoms with Crippen LogP contribution in [0.25, 0.3) is 0 Å². The summed E-state index contributed by atoms with van der Waals surface area (Å²) in [7, 11) is 0. The summed E-state index contributed by atoms with van der Waals surface area (Å²) in [4.78, 5) is 11.4. The average molecular weight is 180 g/mol. The SMILES string of the molecule is CCC(C)=C1C(=O)OCC1=C(C)C. The van der Waals surface area contributed by atoms with Gasteiger partial charge in [0.1, 0.15) is 6.61 Å². The minimum absolute atomic E-state index is 0.157. The lowest BCUT2D eigenvalue weighted by Gasteiger charge is -2.02. The summed E-state index contributed by atoms with van der Waals surface area (Å²) >= 11 is 0. The second-order valence-electron chi connectivity index (χ2n) is 3.56. The fourth-order valence-corrected chi connectivity index (χ4v) is 1.41. The van der Waals surface area contributed by atoms with E-state index < -0.39 is 0 Å². The van der Waals surface area contributed by atoms with Crippen molar-refractivity contribution in [2.75, 3.05) is 6.61 Å². The number of ether oxygens (including phenoxy) is 1. The zero-order chi connectivity index (χ0) is 10.0. The Kier molecular flexibility index (Phi) is 2.91. The number of esters is 1. The molecule has 13 heavy (non-hydrogen) atoms. The van der Waals surface area contributed by atoms with Gasteiger partial charge in [0.15, 0.2) is 0 Å². The van der Waals surface area contributed by atoms with E-state index in [2.05, 4.69) is 6.92 Å². The number of hydrogen-bond acceptors (Lipinski definition) is 2. The van der Waals surface area contributed by atoms with Crippen LogP contribution in [0.1, 0.15) is 34.1 Å². The van der Waals surface area contributed by atoms with Crippen LogP contribution in [-0.2, 0) is 9.53 Å². The van der Waals surface area contributed by atoms with Crippen LogP contribution in [0.2, 0.25) is 0 Å². The summed E-state index contributed by atoms with van der Waals surface area (Å²) in [5.41, 5.74) is 4.18. The maximum absolute atomic E-state index is 11.4. The largest absolute Gasteiger partial charge is 0.457 e. The van der Waals surface area contributed by atoms with Gasteiger partial charge in [0.25, 0.3) is 0 Å². The minimum Gasteiger partial charge on any atom is -0.457 e. The zero-order valence-electron chi connectivity index (χ0n) is 8.73. The van der Waals surface area contributed by atoms with Gasteiger partial charge < -0.3 is 4.74 Å². The molecule has 0 N–H and O–H groups in total. The maximum Gasteiger partial charge on any atom is 0.338 e. The molecule has 0 aromatic carbocycles. The van der Waals surface area contributed by atoms with Crippen LogP contribution in [0.5, 0.6) is 0 Å². The Balaban J connectivity index is 3.19. The van der Waals surface area contributed by atoms with E-state index in [-0.39, 0.29) is 5.97 Å². The molecule has 2 heteroatoms. The normalized spacial score (nSPS) is 20.3. The summed E-state index contributed by atoms with van der Waals surface area (Å²) in [5, 5.41) is 0. The molecule has 2 nitrogen and oxygen atoms in total. The Morgan fingerprint density at radius 2 is 2.00 bits per heavy atom. The van der Waals surface area contributed by atoms with Gasteiger partial charge in [-0.15, -0.1) is 0 Å². The molecule has 1 aliphatic heterocycles. The highest BCUT2D eigenvalue weighted by atomic mass is 16.5. The molecule has 0 spiro atoms. The molecule has 0 atom stereocenters. The van der Waals surface area contributed by atoms with Gasteiger partial charge in [-0.3, -0.25) is 0 Å². The van der Waals surface area contributed by atoms with Crippen molar-refractivity contribution in [3.63, 3.8) is 0 Å². The molecule has 0 aliphatic carbocycles. The molecule has 0 saturated carbocycles. The highest BCUT2D eigenvalue weighted by Crippen LogP contribution is 2.27. The van der Waals surface area contributed by atoms with Gasteiger partial charge in [0.05, 0.1) is 5.57 Å². The minimum atomic E-state index is -0.157. The third-order valence-electron chi connectivity index (χ3n) is 2.41. The molecule has 1 saturated heterocycles. The highest BCUT2D eigenvalue weighted by Gasteiger charge is 2.26. The van der Waals surface area contributed by atoms with E-state index >= 15 is 0 Å². The number of carbonyl (C=O) groups excluding carboxylic acids is 1. The van der Waals surface area contributed by atoms with Crippen LogP contribution in [0.4, 0.5) is 0 Å². The van der Waals surface area contributed by atoms with E-state index in [1.807, 2.05) is 20.8 Å². The van der Waals surface area contributed by atoms with Gasteiger partial charge in [-0.2, -0.15) is 0 Å². The molecule has 1 fully saturated rings. The molecule has 0 aromatic heterocycles. The van der Waals surface area contributed by atoms with Crippen molar-refractivity contribution in [1.29, 1.82) is 0 Å². The summed E-state index contributed by atoms with van der Waals surface area (Å²) in [6.45, 7) is 8.52. The van der Waals surface area contributed by atoms with Gasteiger partial charge in [0.2, 0.25) is 0 Å². The molecule has 1 aliphatic rings. The quantitative estimate of drug-likeness (QED) is 0.458. The Labute approximate surface area is 79.3 Å². The van der Waals surface area contributed by atoms with Crippen LogP contribution in [-0.4, -0.2) is 12.6 Å². The monoisotopic (exact) mass is 180 g/mol. The first kappa shape index (κ1) is 10.0. The maximum atomic E-state index is 11.4. The van der Waals surface area contributed by atoms with E-state index in [1.165, 1.54) is 5.57 Å². The summed E-state index contributed by atoms with van der Waals surface area (Å²) in [6, 6.07) is 0. The molecule has 1 heterocycles. The average Bonchev–Trinajstić information content (AvgIpc) is 2.46. The van der Waals surface area contributed by atoms with Crippen molar-refractivity contribution in [3.8, 4) is 0 Å². The molecule has 1 rings (SSSR count). The molecule has 0 aromatic rings. The van der Waals surface area contributed by atoms with Gasteiger partial charge in [-0.1, -0.05) is 18.1 Å². The first-order valence-electron chi connectivity index (χ1n) is 4.61. The lowest BCUT2D eigenvalue weighted by atomic mass is 9.98. The Bertz CT molecular complexity index is 291. The van der Waals surface area contributed by atoms with Gasteiger partial charge >= 0.3 is 5.97 Å². The molecule has 0 amide bonds.